The lowest BCUT2D eigenvalue weighted by atomic mass is 10.2. The molecule has 0 spiro atoms. The van der Waals surface area contributed by atoms with Crippen LogP contribution in [0, 0.1) is 0 Å². The fraction of sp³-hybridized carbons (Fsp3) is 1.00. The molecule has 98 valence electrons. The molecule has 0 saturated heterocycles. The van der Waals surface area contributed by atoms with E-state index in [1.54, 1.807) is 0 Å². The van der Waals surface area contributed by atoms with Gasteiger partial charge in [-0.1, -0.05) is 39.5 Å². The van der Waals surface area contributed by atoms with Gasteiger partial charge in [0.25, 0.3) is 0 Å². The van der Waals surface area contributed by atoms with E-state index in [4.69, 9.17) is 20.0 Å². The summed E-state index contributed by atoms with van der Waals surface area (Å²) in [7, 11) is 0. The molecule has 0 aromatic rings. The van der Waals surface area contributed by atoms with Crippen molar-refractivity contribution in [2.75, 3.05) is 13.2 Å². The first-order valence-corrected chi connectivity index (χ1v) is 6.32. The largest absolute Gasteiger partial charge is 0.394 e. The van der Waals surface area contributed by atoms with E-state index >= 15 is 0 Å². The first-order valence-electron chi connectivity index (χ1n) is 6.32. The Morgan fingerprint density at radius 2 is 1.19 bits per heavy atom. The average Bonchev–Trinajstić information content (AvgIpc) is 2.33. The molecular formula is C12H26O4. The summed E-state index contributed by atoms with van der Waals surface area (Å²) in [6.07, 6.45) is 5.20. The molecule has 0 aliphatic rings. The molecule has 0 aromatic heterocycles. The van der Waals surface area contributed by atoms with Gasteiger partial charge in [0.1, 0.15) is 12.2 Å². The van der Waals surface area contributed by atoms with Crippen LogP contribution in [0.3, 0.4) is 0 Å². The van der Waals surface area contributed by atoms with E-state index in [1.807, 2.05) is 0 Å². The van der Waals surface area contributed by atoms with Crippen molar-refractivity contribution in [2.24, 2.45) is 0 Å². The van der Waals surface area contributed by atoms with E-state index in [0.29, 0.717) is 0 Å². The van der Waals surface area contributed by atoms with Gasteiger partial charge in [-0.25, -0.2) is 9.78 Å². The number of hydrogen-bond donors (Lipinski definition) is 2. The normalized spacial score (nSPS) is 15.0. The number of aliphatic hydroxyl groups excluding tert-OH is 2. The summed E-state index contributed by atoms with van der Waals surface area (Å²) in [6, 6.07) is 0. The molecule has 2 atom stereocenters. The van der Waals surface area contributed by atoms with Crippen molar-refractivity contribution >= 4 is 0 Å². The molecule has 0 rings (SSSR count). The highest BCUT2D eigenvalue weighted by molar-refractivity contribution is 4.56. The van der Waals surface area contributed by atoms with E-state index in [9.17, 15) is 0 Å². The topological polar surface area (TPSA) is 58.9 Å². The number of aliphatic hydroxyl groups is 2. The van der Waals surface area contributed by atoms with Gasteiger partial charge in [0.05, 0.1) is 13.2 Å². The lowest BCUT2D eigenvalue weighted by molar-refractivity contribution is -0.360. The molecule has 0 aromatic carbocycles. The Morgan fingerprint density at radius 3 is 1.44 bits per heavy atom. The fourth-order valence-electron chi connectivity index (χ4n) is 1.36. The van der Waals surface area contributed by atoms with Crippen molar-refractivity contribution < 1.29 is 20.0 Å². The van der Waals surface area contributed by atoms with Crippen LogP contribution < -0.4 is 0 Å². The Labute approximate surface area is 98.5 Å². The van der Waals surface area contributed by atoms with Gasteiger partial charge in [0, 0.05) is 0 Å². The van der Waals surface area contributed by atoms with Crippen LogP contribution in [-0.2, 0) is 9.78 Å². The highest BCUT2D eigenvalue weighted by Gasteiger charge is 2.13. The maximum atomic E-state index is 9.05. The van der Waals surface area contributed by atoms with E-state index in [-0.39, 0.29) is 25.4 Å². The zero-order chi connectivity index (χ0) is 12.2. The molecule has 4 nitrogen and oxygen atoms in total. The molecular weight excluding hydrogens is 208 g/mol. The van der Waals surface area contributed by atoms with Gasteiger partial charge in [-0.15, -0.1) is 0 Å². The molecule has 4 heteroatoms. The molecule has 0 fully saturated rings. The second-order valence-electron chi connectivity index (χ2n) is 4.09. The monoisotopic (exact) mass is 234 g/mol. The molecule has 0 aliphatic carbocycles. The lowest BCUT2D eigenvalue weighted by Gasteiger charge is -2.18. The summed E-state index contributed by atoms with van der Waals surface area (Å²) in [5.74, 6) is 0. The van der Waals surface area contributed by atoms with Crippen LogP contribution in [-0.4, -0.2) is 35.6 Å². The maximum Gasteiger partial charge on any atom is 0.116 e. The summed E-state index contributed by atoms with van der Waals surface area (Å²) in [5, 5.41) is 18.1. The first kappa shape index (κ1) is 15.8. The summed E-state index contributed by atoms with van der Waals surface area (Å²) in [4.78, 5) is 10.3. The molecule has 0 saturated carbocycles. The minimum atomic E-state index is -0.268. The third kappa shape index (κ3) is 8.05. The zero-order valence-electron chi connectivity index (χ0n) is 10.5. The third-order valence-corrected chi connectivity index (χ3v) is 2.49. The van der Waals surface area contributed by atoms with E-state index in [0.717, 1.165) is 38.5 Å². The zero-order valence-corrected chi connectivity index (χ0v) is 10.5. The second-order valence-corrected chi connectivity index (χ2v) is 4.09. The van der Waals surface area contributed by atoms with Gasteiger partial charge in [0.2, 0.25) is 0 Å². The van der Waals surface area contributed by atoms with Crippen molar-refractivity contribution in [1.29, 1.82) is 0 Å². The Hall–Kier alpha value is -0.160. The highest BCUT2D eigenvalue weighted by Crippen LogP contribution is 2.09. The van der Waals surface area contributed by atoms with Gasteiger partial charge in [0.15, 0.2) is 0 Å². The van der Waals surface area contributed by atoms with Crippen LogP contribution in [0.25, 0.3) is 0 Å². The maximum absolute atomic E-state index is 9.05. The van der Waals surface area contributed by atoms with Crippen LogP contribution in [0.15, 0.2) is 0 Å². The van der Waals surface area contributed by atoms with Crippen LogP contribution in [0.2, 0.25) is 0 Å². The van der Waals surface area contributed by atoms with Gasteiger partial charge in [-0.05, 0) is 12.8 Å². The highest BCUT2D eigenvalue weighted by atomic mass is 17.2. The Balaban J connectivity index is 3.69. The fourth-order valence-corrected chi connectivity index (χ4v) is 1.36. The third-order valence-electron chi connectivity index (χ3n) is 2.49. The number of unbranched alkanes of at least 4 members (excludes halogenated alkanes) is 2. The van der Waals surface area contributed by atoms with Crippen LogP contribution in [0.1, 0.15) is 52.4 Å². The SMILES string of the molecule is CCCCC(CO)OOC(CO)CCCC. The Kier molecular flexibility index (Phi) is 11.2. The van der Waals surface area contributed by atoms with Crippen molar-refractivity contribution in [1.82, 2.24) is 0 Å². The molecule has 2 unspecified atom stereocenters. The molecule has 16 heavy (non-hydrogen) atoms. The van der Waals surface area contributed by atoms with E-state index in [1.165, 1.54) is 0 Å². The lowest BCUT2D eigenvalue weighted by Crippen LogP contribution is -2.24. The van der Waals surface area contributed by atoms with Crippen molar-refractivity contribution in [3.05, 3.63) is 0 Å². The molecule has 2 N–H and O–H groups in total. The van der Waals surface area contributed by atoms with Gasteiger partial charge in [-0.3, -0.25) is 0 Å². The summed E-state index contributed by atoms with van der Waals surface area (Å²) in [5.41, 5.74) is 0. The average molecular weight is 234 g/mol. The summed E-state index contributed by atoms with van der Waals surface area (Å²) in [6.45, 7) is 4.11. The van der Waals surface area contributed by atoms with Crippen LogP contribution >= 0.6 is 0 Å². The molecule has 0 heterocycles. The molecule has 0 bridgehead atoms. The quantitative estimate of drug-likeness (QED) is 0.424. The molecule has 0 radical (unpaired) electrons. The minimum absolute atomic E-state index is 0.0358. The Morgan fingerprint density at radius 1 is 0.812 bits per heavy atom. The van der Waals surface area contributed by atoms with E-state index < -0.39 is 0 Å². The smallest absolute Gasteiger partial charge is 0.116 e. The van der Waals surface area contributed by atoms with Crippen LogP contribution in [0.5, 0.6) is 0 Å². The van der Waals surface area contributed by atoms with Gasteiger partial charge in [-0.2, -0.15) is 0 Å². The van der Waals surface area contributed by atoms with Crippen molar-refractivity contribution in [3.63, 3.8) is 0 Å². The second kappa shape index (κ2) is 11.3. The predicted octanol–water partition coefficient (Wildman–Crippen LogP) is 2.04. The predicted molar refractivity (Wildman–Crippen MR) is 63.0 cm³/mol. The summed E-state index contributed by atoms with van der Waals surface area (Å²) < 4.78 is 0. The standard InChI is InChI=1S/C12H26O4/c1-3-5-7-11(9-13)15-16-12(10-14)8-6-4-2/h11-14H,3-10H2,1-2H3. The first-order chi connectivity index (χ1) is 7.78. The summed E-state index contributed by atoms with van der Waals surface area (Å²) >= 11 is 0. The van der Waals surface area contributed by atoms with E-state index in [2.05, 4.69) is 13.8 Å². The van der Waals surface area contributed by atoms with Gasteiger partial charge < -0.3 is 10.2 Å². The van der Waals surface area contributed by atoms with Crippen molar-refractivity contribution in [2.45, 2.75) is 64.6 Å². The van der Waals surface area contributed by atoms with Gasteiger partial charge >= 0.3 is 0 Å². The Bertz CT molecular complexity index is 125. The number of hydrogen-bond acceptors (Lipinski definition) is 4. The molecule has 0 aliphatic heterocycles. The number of rotatable bonds is 11. The minimum Gasteiger partial charge on any atom is -0.394 e. The van der Waals surface area contributed by atoms with Crippen LogP contribution in [0.4, 0.5) is 0 Å². The van der Waals surface area contributed by atoms with Crippen molar-refractivity contribution in [3.8, 4) is 0 Å². The molecule has 0 amide bonds.